The first-order valence-corrected chi connectivity index (χ1v) is 13.9. The molecule has 3 aromatic rings. The summed E-state index contributed by atoms with van der Waals surface area (Å²) in [6, 6.07) is 22.5. The van der Waals surface area contributed by atoms with Crippen molar-refractivity contribution < 1.29 is 22.8 Å². The third-order valence-electron chi connectivity index (χ3n) is 6.62. The van der Waals surface area contributed by atoms with Gasteiger partial charge in [-0.15, -0.1) is 0 Å². The van der Waals surface area contributed by atoms with Gasteiger partial charge in [-0.2, -0.15) is 0 Å². The minimum atomic E-state index is -3.95. The van der Waals surface area contributed by atoms with Gasteiger partial charge in [0.1, 0.15) is 10.9 Å². The van der Waals surface area contributed by atoms with Gasteiger partial charge in [-0.3, -0.25) is 14.4 Å². The molecule has 0 aliphatic carbocycles. The molecule has 1 aliphatic rings. The first-order valence-electron chi connectivity index (χ1n) is 12.5. The molecule has 0 bridgehead atoms. The molecule has 3 amide bonds. The number of sulfonamides is 1. The number of fused-ring (bicyclic) bond motifs is 1. The van der Waals surface area contributed by atoms with Crippen molar-refractivity contribution in [2.45, 2.75) is 43.7 Å². The molecule has 0 saturated carbocycles. The Hall–Kier alpha value is -3.98. The minimum Gasteiger partial charge on any atom is -0.357 e. The zero-order valence-corrected chi connectivity index (χ0v) is 22.3. The normalized spacial score (nSPS) is 14.6. The number of nitrogens with zero attached hydrogens (tertiary/aromatic N) is 2. The Morgan fingerprint density at radius 1 is 0.947 bits per heavy atom. The van der Waals surface area contributed by atoms with Gasteiger partial charge in [0.2, 0.25) is 11.8 Å². The molecule has 0 aromatic heterocycles. The van der Waals surface area contributed by atoms with Crippen LogP contribution in [0.2, 0.25) is 0 Å². The maximum atomic E-state index is 13.6. The molecule has 1 N–H and O–H groups in total. The van der Waals surface area contributed by atoms with Crippen LogP contribution in [0.3, 0.4) is 0 Å². The number of rotatable bonds is 10. The van der Waals surface area contributed by atoms with E-state index in [4.69, 9.17) is 0 Å². The SMILES string of the molecule is CNC(=O)C(Cc1ccccc1)N(Cc1cccc(C)c1)C(=O)CCCN1C(=O)c2ccccc2S1(=O)=O. The topological polar surface area (TPSA) is 104 Å². The van der Waals surface area contributed by atoms with E-state index in [9.17, 15) is 22.8 Å². The molecular weight excluding hydrogens is 502 g/mol. The first-order chi connectivity index (χ1) is 18.2. The molecule has 3 aromatic carbocycles. The summed E-state index contributed by atoms with van der Waals surface area (Å²) in [5.74, 6) is -1.17. The van der Waals surface area contributed by atoms with E-state index in [-0.39, 0.29) is 48.2 Å². The van der Waals surface area contributed by atoms with Gasteiger partial charge in [0.15, 0.2) is 0 Å². The Morgan fingerprint density at radius 2 is 1.63 bits per heavy atom. The van der Waals surface area contributed by atoms with E-state index in [0.29, 0.717) is 6.42 Å². The number of hydrogen-bond donors (Lipinski definition) is 1. The lowest BCUT2D eigenvalue weighted by atomic mass is 10.0. The standard InChI is InChI=1S/C29H31N3O5S/c1-21-10-8-13-23(18-21)20-31(25(28(34)30-2)19-22-11-4-3-5-12-22)27(33)16-9-17-32-29(35)24-14-6-7-15-26(24)38(32,36)37/h3-8,10-15,18,25H,9,16-17,19-20H2,1-2H3,(H,30,34). The fourth-order valence-electron chi connectivity index (χ4n) is 4.70. The van der Waals surface area contributed by atoms with E-state index in [1.165, 1.54) is 19.2 Å². The number of benzene rings is 3. The predicted octanol–water partition coefficient (Wildman–Crippen LogP) is 3.31. The highest BCUT2D eigenvalue weighted by Crippen LogP contribution is 2.30. The van der Waals surface area contributed by atoms with Gasteiger partial charge in [0.25, 0.3) is 15.9 Å². The lowest BCUT2D eigenvalue weighted by molar-refractivity contribution is -0.141. The Labute approximate surface area is 223 Å². The molecule has 38 heavy (non-hydrogen) atoms. The molecule has 1 aliphatic heterocycles. The maximum Gasteiger partial charge on any atom is 0.269 e. The number of carbonyl (C=O) groups excluding carboxylic acids is 3. The Balaban J connectivity index is 1.54. The molecule has 8 nitrogen and oxygen atoms in total. The van der Waals surface area contributed by atoms with E-state index in [0.717, 1.165) is 21.0 Å². The molecule has 198 valence electrons. The van der Waals surface area contributed by atoms with Gasteiger partial charge in [0, 0.05) is 33.0 Å². The van der Waals surface area contributed by atoms with Crippen molar-refractivity contribution in [2.24, 2.45) is 0 Å². The summed E-state index contributed by atoms with van der Waals surface area (Å²) in [7, 11) is -2.41. The van der Waals surface area contributed by atoms with E-state index < -0.39 is 22.0 Å². The number of likely N-dealkylation sites (N-methyl/N-ethyl adjacent to an activating group) is 1. The van der Waals surface area contributed by atoms with Crippen molar-refractivity contribution in [2.75, 3.05) is 13.6 Å². The summed E-state index contributed by atoms with van der Waals surface area (Å²) in [6.45, 7) is 2.06. The van der Waals surface area contributed by atoms with E-state index in [1.807, 2.05) is 61.5 Å². The van der Waals surface area contributed by atoms with Crippen LogP contribution in [0, 0.1) is 6.92 Å². The quantitative estimate of drug-likeness (QED) is 0.431. The molecule has 0 fully saturated rings. The molecule has 4 rings (SSSR count). The van der Waals surface area contributed by atoms with Gasteiger partial charge in [-0.05, 0) is 36.6 Å². The van der Waals surface area contributed by atoms with Crippen LogP contribution < -0.4 is 5.32 Å². The van der Waals surface area contributed by atoms with Gasteiger partial charge >= 0.3 is 0 Å². The third-order valence-corrected chi connectivity index (χ3v) is 8.46. The zero-order valence-electron chi connectivity index (χ0n) is 21.5. The molecule has 9 heteroatoms. The van der Waals surface area contributed by atoms with Crippen LogP contribution >= 0.6 is 0 Å². The smallest absolute Gasteiger partial charge is 0.269 e. The maximum absolute atomic E-state index is 13.6. The fraction of sp³-hybridized carbons (Fsp3) is 0.276. The van der Waals surface area contributed by atoms with Crippen molar-refractivity contribution in [1.29, 1.82) is 0 Å². The second-order valence-corrected chi connectivity index (χ2v) is 11.1. The zero-order chi connectivity index (χ0) is 27.3. The van der Waals surface area contributed by atoms with Crippen molar-refractivity contribution >= 4 is 27.7 Å². The predicted molar refractivity (Wildman–Crippen MR) is 144 cm³/mol. The van der Waals surface area contributed by atoms with Gasteiger partial charge in [0.05, 0.1) is 5.56 Å². The molecule has 1 atom stereocenters. The Bertz CT molecular complexity index is 1440. The van der Waals surface area contributed by atoms with Crippen LogP contribution in [-0.2, 0) is 32.6 Å². The average Bonchev–Trinajstić information content (AvgIpc) is 3.11. The Kier molecular flexibility index (Phi) is 8.26. The van der Waals surface area contributed by atoms with E-state index >= 15 is 0 Å². The summed E-state index contributed by atoms with van der Waals surface area (Å²) < 4.78 is 26.6. The number of amides is 3. The summed E-state index contributed by atoms with van der Waals surface area (Å²) >= 11 is 0. The second kappa shape index (κ2) is 11.6. The summed E-state index contributed by atoms with van der Waals surface area (Å²) in [5.41, 5.74) is 2.97. The van der Waals surface area contributed by atoms with Gasteiger partial charge < -0.3 is 10.2 Å². The first kappa shape index (κ1) is 27.1. The van der Waals surface area contributed by atoms with Crippen LogP contribution in [0.1, 0.15) is 39.9 Å². The number of aryl methyl sites for hydroxylation is 1. The van der Waals surface area contributed by atoms with Crippen LogP contribution in [0.5, 0.6) is 0 Å². The average molecular weight is 534 g/mol. The second-order valence-electron chi connectivity index (χ2n) is 9.31. The molecule has 0 spiro atoms. The van der Waals surface area contributed by atoms with Crippen LogP contribution in [0.4, 0.5) is 0 Å². The summed E-state index contributed by atoms with van der Waals surface area (Å²) in [5, 5.41) is 2.68. The van der Waals surface area contributed by atoms with Crippen LogP contribution in [-0.4, -0.2) is 55.0 Å². The molecule has 1 unspecified atom stereocenters. The van der Waals surface area contributed by atoms with E-state index in [1.54, 1.807) is 17.0 Å². The van der Waals surface area contributed by atoms with Crippen molar-refractivity contribution in [3.8, 4) is 0 Å². The molecule has 0 saturated heterocycles. The van der Waals surface area contributed by atoms with Crippen LogP contribution in [0.25, 0.3) is 0 Å². The number of carbonyl (C=O) groups is 3. The van der Waals surface area contributed by atoms with Gasteiger partial charge in [-0.1, -0.05) is 72.3 Å². The van der Waals surface area contributed by atoms with Crippen molar-refractivity contribution in [1.82, 2.24) is 14.5 Å². The fourth-order valence-corrected chi connectivity index (χ4v) is 6.30. The Morgan fingerprint density at radius 3 is 2.32 bits per heavy atom. The highest BCUT2D eigenvalue weighted by Gasteiger charge is 2.40. The third kappa shape index (κ3) is 5.78. The number of nitrogens with one attached hydrogen (secondary N) is 1. The molecular formula is C29H31N3O5S. The summed E-state index contributed by atoms with van der Waals surface area (Å²) in [6.07, 6.45) is 0.435. The van der Waals surface area contributed by atoms with E-state index in [2.05, 4.69) is 5.32 Å². The van der Waals surface area contributed by atoms with Gasteiger partial charge in [-0.25, -0.2) is 12.7 Å². The lowest BCUT2D eigenvalue weighted by Gasteiger charge is -2.31. The minimum absolute atomic E-state index is 0.0139. The van der Waals surface area contributed by atoms with Crippen molar-refractivity contribution in [3.05, 3.63) is 101 Å². The highest BCUT2D eigenvalue weighted by atomic mass is 32.2. The monoisotopic (exact) mass is 533 g/mol. The molecule has 0 radical (unpaired) electrons. The lowest BCUT2D eigenvalue weighted by Crippen LogP contribution is -2.49. The van der Waals surface area contributed by atoms with Crippen molar-refractivity contribution in [3.63, 3.8) is 0 Å². The van der Waals surface area contributed by atoms with Crippen LogP contribution in [0.15, 0.2) is 83.8 Å². The molecule has 1 heterocycles. The largest absolute Gasteiger partial charge is 0.357 e. The number of hydrogen-bond acceptors (Lipinski definition) is 5. The highest BCUT2D eigenvalue weighted by molar-refractivity contribution is 7.90. The summed E-state index contributed by atoms with van der Waals surface area (Å²) in [4.78, 5) is 40.9.